The van der Waals surface area contributed by atoms with Gasteiger partial charge in [-0.1, -0.05) is 25.1 Å². The zero-order valence-corrected chi connectivity index (χ0v) is 14.3. The Morgan fingerprint density at radius 3 is 2.38 bits per heavy atom. The number of nitrogens with zero attached hydrogens (tertiary/aromatic N) is 2. The molecule has 0 bridgehead atoms. The monoisotopic (exact) mass is 330 g/mol. The molecule has 1 aromatic rings. The number of piperidine rings is 1. The maximum atomic E-state index is 12.7. The fraction of sp³-hybridized carbons (Fsp3) is 0.579. The molecule has 0 spiro atoms. The molecule has 0 saturated carbocycles. The van der Waals surface area contributed by atoms with Crippen LogP contribution in [-0.2, 0) is 9.59 Å². The Morgan fingerprint density at radius 2 is 1.71 bits per heavy atom. The Kier molecular flexibility index (Phi) is 5.38. The van der Waals surface area contributed by atoms with E-state index in [1.165, 1.54) is 0 Å². The lowest BCUT2D eigenvalue weighted by Gasteiger charge is -2.33. The molecule has 2 aliphatic rings. The average Bonchev–Trinajstić information content (AvgIpc) is 3.10. The van der Waals surface area contributed by atoms with Gasteiger partial charge in [-0.2, -0.15) is 0 Å². The topological polar surface area (TPSA) is 49.9 Å². The lowest BCUT2D eigenvalue weighted by Crippen LogP contribution is -2.44. The third-order valence-electron chi connectivity index (χ3n) is 5.00. The molecule has 2 aliphatic heterocycles. The third kappa shape index (κ3) is 3.89. The van der Waals surface area contributed by atoms with E-state index in [1.54, 1.807) is 0 Å². The van der Waals surface area contributed by atoms with Gasteiger partial charge in [-0.3, -0.25) is 9.59 Å². The number of likely N-dealkylation sites (tertiary alicyclic amines) is 2. The Labute approximate surface area is 143 Å². The van der Waals surface area contributed by atoms with Gasteiger partial charge in [-0.25, -0.2) is 0 Å². The number of para-hydroxylation sites is 1. The molecule has 2 amide bonds. The largest absolute Gasteiger partial charge is 0.489 e. The summed E-state index contributed by atoms with van der Waals surface area (Å²) in [5.41, 5.74) is 0. The number of hydrogen-bond donors (Lipinski definition) is 0. The number of hydrogen-bond acceptors (Lipinski definition) is 3. The standard InChI is InChI=1S/C19H26N2O3/c1-2-18(22)20-11-8-15(9-12-20)19(23)21-13-10-17(14-21)24-16-6-4-3-5-7-16/h3-7,15,17H,2,8-14H2,1H3. The molecule has 0 radical (unpaired) electrons. The smallest absolute Gasteiger partial charge is 0.225 e. The Balaban J connectivity index is 1.48. The molecule has 2 saturated heterocycles. The van der Waals surface area contributed by atoms with Crippen molar-refractivity contribution in [2.24, 2.45) is 5.92 Å². The first kappa shape index (κ1) is 16.8. The predicted molar refractivity (Wildman–Crippen MR) is 91.7 cm³/mol. The first-order valence-electron chi connectivity index (χ1n) is 8.95. The van der Waals surface area contributed by atoms with Crippen LogP contribution in [0.25, 0.3) is 0 Å². The lowest BCUT2D eigenvalue weighted by atomic mass is 9.95. The van der Waals surface area contributed by atoms with Crippen molar-refractivity contribution < 1.29 is 14.3 Å². The number of rotatable bonds is 4. The second-order valence-electron chi connectivity index (χ2n) is 6.63. The fourth-order valence-corrected chi connectivity index (χ4v) is 3.57. The molecule has 5 heteroatoms. The molecule has 2 heterocycles. The highest BCUT2D eigenvalue weighted by atomic mass is 16.5. The van der Waals surface area contributed by atoms with Crippen LogP contribution in [0.1, 0.15) is 32.6 Å². The molecule has 2 fully saturated rings. The van der Waals surface area contributed by atoms with E-state index in [4.69, 9.17) is 4.74 Å². The van der Waals surface area contributed by atoms with Gasteiger partial charge in [0.2, 0.25) is 11.8 Å². The summed E-state index contributed by atoms with van der Waals surface area (Å²) in [6.07, 6.45) is 3.08. The second kappa shape index (κ2) is 7.69. The highest BCUT2D eigenvalue weighted by Crippen LogP contribution is 2.24. The van der Waals surface area contributed by atoms with E-state index in [1.807, 2.05) is 47.1 Å². The summed E-state index contributed by atoms with van der Waals surface area (Å²) >= 11 is 0. The molecule has 3 rings (SSSR count). The first-order valence-corrected chi connectivity index (χ1v) is 8.95. The molecular formula is C19H26N2O3. The minimum atomic E-state index is 0.0568. The van der Waals surface area contributed by atoms with Gasteiger partial charge in [-0.05, 0) is 25.0 Å². The van der Waals surface area contributed by atoms with Gasteiger partial charge in [0.05, 0.1) is 6.54 Å². The van der Waals surface area contributed by atoms with Crippen molar-refractivity contribution in [2.75, 3.05) is 26.2 Å². The zero-order chi connectivity index (χ0) is 16.9. The average molecular weight is 330 g/mol. The Morgan fingerprint density at radius 1 is 1.04 bits per heavy atom. The summed E-state index contributed by atoms with van der Waals surface area (Å²) < 4.78 is 5.96. The van der Waals surface area contributed by atoms with Crippen LogP contribution < -0.4 is 4.74 Å². The second-order valence-corrected chi connectivity index (χ2v) is 6.63. The third-order valence-corrected chi connectivity index (χ3v) is 5.00. The van der Waals surface area contributed by atoms with Crippen LogP contribution in [0.15, 0.2) is 30.3 Å². The SMILES string of the molecule is CCC(=O)N1CCC(C(=O)N2CCC(Oc3ccccc3)C2)CC1. The Hall–Kier alpha value is -2.04. The Bertz CT molecular complexity index is 567. The zero-order valence-electron chi connectivity index (χ0n) is 14.3. The van der Waals surface area contributed by atoms with Crippen LogP contribution in [0.2, 0.25) is 0 Å². The molecule has 0 aromatic heterocycles. The lowest BCUT2D eigenvalue weighted by molar-refractivity contribution is -0.140. The van der Waals surface area contributed by atoms with E-state index in [-0.39, 0.29) is 23.8 Å². The van der Waals surface area contributed by atoms with Crippen molar-refractivity contribution >= 4 is 11.8 Å². The van der Waals surface area contributed by atoms with E-state index in [2.05, 4.69) is 0 Å². The maximum absolute atomic E-state index is 12.7. The van der Waals surface area contributed by atoms with Crippen LogP contribution in [-0.4, -0.2) is 53.9 Å². The van der Waals surface area contributed by atoms with Crippen molar-refractivity contribution in [2.45, 2.75) is 38.7 Å². The molecule has 1 atom stereocenters. The summed E-state index contributed by atoms with van der Waals surface area (Å²) in [6.45, 7) is 4.74. The highest BCUT2D eigenvalue weighted by molar-refractivity contribution is 5.80. The van der Waals surface area contributed by atoms with E-state index < -0.39 is 0 Å². The van der Waals surface area contributed by atoms with E-state index >= 15 is 0 Å². The molecular weight excluding hydrogens is 304 g/mol. The van der Waals surface area contributed by atoms with Crippen molar-refractivity contribution in [1.82, 2.24) is 9.80 Å². The van der Waals surface area contributed by atoms with Crippen molar-refractivity contribution in [3.8, 4) is 5.75 Å². The fourth-order valence-electron chi connectivity index (χ4n) is 3.57. The molecule has 1 unspecified atom stereocenters. The molecule has 24 heavy (non-hydrogen) atoms. The van der Waals surface area contributed by atoms with Gasteiger partial charge in [0.25, 0.3) is 0 Å². The summed E-state index contributed by atoms with van der Waals surface area (Å²) in [6, 6.07) is 9.78. The van der Waals surface area contributed by atoms with Gasteiger partial charge in [0.15, 0.2) is 0 Å². The van der Waals surface area contributed by atoms with Crippen LogP contribution in [0.3, 0.4) is 0 Å². The minimum Gasteiger partial charge on any atom is -0.489 e. The maximum Gasteiger partial charge on any atom is 0.225 e. The van der Waals surface area contributed by atoms with Crippen LogP contribution in [0.4, 0.5) is 0 Å². The van der Waals surface area contributed by atoms with Crippen molar-refractivity contribution in [1.29, 1.82) is 0 Å². The molecule has 0 aliphatic carbocycles. The first-order chi connectivity index (χ1) is 11.7. The molecule has 1 aromatic carbocycles. The number of carbonyl (C=O) groups is 2. The number of carbonyl (C=O) groups excluding carboxylic acids is 2. The minimum absolute atomic E-state index is 0.0568. The quantitative estimate of drug-likeness (QED) is 0.851. The molecule has 130 valence electrons. The van der Waals surface area contributed by atoms with E-state index in [0.717, 1.165) is 31.6 Å². The van der Waals surface area contributed by atoms with E-state index in [9.17, 15) is 9.59 Å². The normalized spacial score (nSPS) is 21.8. The van der Waals surface area contributed by atoms with Crippen LogP contribution >= 0.6 is 0 Å². The number of benzene rings is 1. The van der Waals surface area contributed by atoms with Crippen LogP contribution in [0.5, 0.6) is 5.75 Å². The van der Waals surface area contributed by atoms with Crippen molar-refractivity contribution in [3.63, 3.8) is 0 Å². The van der Waals surface area contributed by atoms with Gasteiger partial charge < -0.3 is 14.5 Å². The summed E-state index contributed by atoms with van der Waals surface area (Å²) in [5, 5.41) is 0. The summed E-state index contributed by atoms with van der Waals surface area (Å²) in [7, 11) is 0. The predicted octanol–water partition coefficient (Wildman–Crippen LogP) is 2.31. The number of amides is 2. The molecule has 5 nitrogen and oxygen atoms in total. The number of ether oxygens (including phenoxy) is 1. The van der Waals surface area contributed by atoms with Crippen LogP contribution in [0, 0.1) is 5.92 Å². The summed E-state index contributed by atoms with van der Waals surface area (Å²) in [5.74, 6) is 1.35. The van der Waals surface area contributed by atoms with Crippen molar-refractivity contribution in [3.05, 3.63) is 30.3 Å². The van der Waals surface area contributed by atoms with Gasteiger partial charge in [0, 0.05) is 38.4 Å². The highest BCUT2D eigenvalue weighted by Gasteiger charge is 2.34. The van der Waals surface area contributed by atoms with Gasteiger partial charge in [-0.15, -0.1) is 0 Å². The van der Waals surface area contributed by atoms with E-state index in [0.29, 0.717) is 26.1 Å². The van der Waals surface area contributed by atoms with Gasteiger partial charge >= 0.3 is 0 Å². The summed E-state index contributed by atoms with van der Waals surface area (Å²) in [4.78, 5) is 28.3. The van der Waals surface area contributed by atoms with Gasteiger partial charge in [0.1, 0.15) is 11.9 Å². The molecule has 0 N–H and O–H groups in total.